The fraction of sp³-hybridized carbons (Fsp3) is 0.600. The Bertz CT molecular complexity index is 498. The lowest BCUT2D eigenvalue weighted by Crippen LogP contribution is -2.34. The van der Waals surface area contributed by atoms with Gasteiger partial charge in [0.2, 0.25) is 0 Å². The van der Waals surface area contributed by atoms with Crippen LogP contribution in [0.25, 0.3) is 0 Å². The second-order valence-electron chi connectivity index (χ2n) is 5.71. The van der Waals surface area contributed by atoms with Crippen LogP contribution in [0.2, 0.25) is 0 Å². The molecule has 1 aliphatic rings. The van der Waals surface area contributed by atoms with E-state index in [1.165, 1.54) is 6.07 Å². The molecule has 0 saturated carbocycles. The van der Waals surface area contributed by atoms with Gasteiger partial charge in [-0.05, 0) is 20.2 Å². The SMILES string of the molecule is CNCCN(C)CC1CNNC1c1ccccc1OC(F)(F)F. The molecule has 1 aliphatic heterocycles. The Balaban J connectivity index is 2.10. The highest BCUT2D eigenvalue weighted by atomic mass is 19.4. The lowest BCUT2D eigenvalue weighted by Gasteiger charge is -2.26. The van der Waals surface area contributed by atoms with Crippen LogP contribution in [-0.2, 0) is 0 Å². The van der Waals surface area contributed by atoms with Crippen molar-refractivity contribution in [3.63, 3.8) is 0 Å². The first-order valence-electron chi connectivity index (χ1n) is 7.57. The van der Waals surface area contributed by atoms with E-state index in [2.05, 4.69) is 25.8 Å². The van der Waals surface area contributed by atoms with Gasteiger partial charge in [-0.15, -0.1) is 13.2 Å². The average molecular weight is 332 g/mol. The normalized spacial score (nSPS) is 21.8. The number of para-hydroxylation sites is 1. The van der Waals surface area contributed by atoms with Crippen LogP contribution in [0.3, 0.4) is 0 Å². The van der Waals surface area contributed by atoms with Gasteiger partial charge in [0.1, 0.15) is 5.75 Å². The van der Waals surface area contributed by atoms with Crippen LogP contribution < -0.4 is 20.9 Å². The number of benzene rings is 1. The van der Waals surface area contributed by atoms with Crippen molar-refractivity contribution in [2.75, 3.05) is 40.3 Å². The third-order valence-electron chi connectivity index (χ3n) is 3.86. The summed E-state index contributed by atoms with van der Waals surface area (Å²) < 4.78 is 41.9. The summed E-state index contributed by atoms with van der Waals surface area (Å²) in [5.74, 6) is -0.00100. The highest BCUT2D eigenvalue weighted by Gasteiger charge is 2.36. The van der Waals surface area contributed by atoms with Crippen LogP contribution in [0.5, 0.6) is 5.75 Å². The molecule has 5 nitrogen and oxygen atoms in total. The summed E-state index contributed by atoms with van der Waals surface area (Å²) in [7, 11) is 3.89. The number of hydrogen-bond acceptors (Lipinski definition) is 5. The van der Waals surface area contributed by atoms with Gasteiger partial charge in [-0.2, -0.15) is 0 Å². The second kappa shape index (κ2) is 7.96. The molecule has 8 heteroatoms. The number of hydrazine groups is 1. The molecule has 1 heterocycles. The minimum Gasteiger partial charge on any atom is -0.405 e. The zero-order valence-electron chi connectivity index (χ0n) is 13.3. The van der Waals surface area contributed by atoms with E-state index in [4.69, 9.17) is 0 Å². The number of likely N-dealkylation sites (N-methyl/N-ethyl adjacent to an activating group) is 2. The summed E-state index contributed by atoms with van der Waals surface area (Å²) in [5, 5.41) is 3.08. The molecular weight excluding hydrogens is 309 g/mol. The number of ether oxygens (including phenoxy) is 1. The molecule has 23 heavy (non-hydrogen) atoms. The van der Waals surface area contributed by atoms with Crippen molar-refractivity contribution in [3.8, 4) is 5.75 Å². The van der Waals surface area contributed by atoms with Gasteiger partial charge in [0.25, 0.3) is 0 Å². The summed E-state index contributed by atoms with van der Waals surface area (Å²) in [4.78, 5) is 2.16. The third kappa shape index (κ3) is 5.35. The molecule has 1 aromatic carbocycles. The third-order valence-corrected chi connectivity index (χ3v) is 3.86. The largest absolute Gasteiger partial charge is 0.573 e. The van der Waals surface area contributed by atoms with Gasteiger partial charge in [0.15, 0.2) is 0 Å². The fourth-order valence-corrected chi connectivity index (χ4v) is 2.79. The summed E-state index contributed by atoms with van der Waals surface area (Å²) in [6.45, 7) is 3.20. The van der Waals surface area contributed by atoms with E-state index in [1.807, 2.05) is 14.1 Å². The zero-order chi connectivity index (χ0) is 16.9. The Hall–Kier alpha value is -1.35. The first-order chi connectivity index (χ1) is 10.9. The number of nitrogens with zero attached hydrogens (tertiary/aromatic N) is 1. The van der Waals surface area contributed by atoms with Crippen molar-refractivity contribution in [3.05, 3.63) is 29.8 Å². The first kappa shape index (κ1) is 18.0. The molecule has 0 bridgehead atoms. The van der Waals surface area contributed by atoms with E-state index in [9.17, 15) is 13.2 Å². The monoisotopic (exact) mass is 332 g/mol. The van der Waals surface area contributed by atoms with Crippen molar-refractivity contribution >= 4 is 0 Å². The van der Waals surface area contributed by atoms with E-state index in [0.29, 0.717) is 12.1 Å². The second-order valence-corrected chi connectivity index (χ2v) is 5.71. The van der Waals surface area contributed by atoms with Crippen molar-refractivity contribution in [2.24, 2.45) is 5.92 Å². The summed E-state index contributed by atoms with van der Waals surface area (Å²) >= 11 is 0. The number of alkyl halides is 3. The smallest absolute Gasteiger partial charge is 0.405 e. The van der Waals surface area contributed by atoms with Crippen LogP contribution in [-0.4, -0.2) is 51.5 Å². The Kier molecular flexibility index (Phi) is 6.23. The molecule has 2 atom stereocenters. The van der Waals surface area contributed by atoms with Crippen LogP contribution in [0.4, 0.5) is 13.2 Å². The highest BCUT2D eigenvalue weighted by molar-refractivity contribution is 5.37. The molecule has 130 valence electrons. The average Bonchev–Trinajstić information content (AvgIpc) is 2.92. The minimum atomic E-state index is -4.69. The molecule has 0 amide bonds. The Morgan fingerprint density at radius 3 is 2.78 bits per heavy atom. The molecule has 0 radical (unpaired) electrons. The molecule has 2 rings (SSSR count). The molecule has 3 N–H and O–H groups in total. The Labute approximate surface area is 134 Å². The van der Waals surface area contributed by atoms with Crippen LogP contribution in [0.1, 0.15) is 11.6 Å². The van der Waals surface area contributed by atoms with Gasteiger partial charge in [-0.1, -0.05) is 18.2 Å². The number of rotatable bonds is 7. The molecular formula is C15H23F3N4O. The first-order valence-corrected chi connectivity index (χ1v) is 7.57. The lowest BCUT2D eigenvalue weighted by molar-refractivity contribution is -0.275. The van der Waals surface area contributed by atoms with Gasteiger partial charge in [-0.3, -0.25) is 5.43 Å². The van der Waals surface area contributed by atoms with Crippen LogP contribution in [0, 0.1) is 5.92 Å². The van der Waals surface area contributed by atoms with Gasteiger partial charge in [0.05, 0.1) is 6.04 Å². The predicted molar refractivity (Wildman–Crippen MR) is 81.9 cm³/mol. The van der Waals surface area contributed by atoms with Gasteiger partial charge in [-0.25, -0.2) is 5.43 Å². The standard InChI is InChI=1S/C15H23F3N4O/c1-19-7-8-22(2)10-11-9-20-21-14(11)12-5-3-4-6-13(12)23-15(16,17)18/h3-6,11,14,19-21H,7-10H2,1-2H3. The van der Waals surface area contributed by atoms with E-state index in [1.54, 1.807) is 18.2 Å². The molecule has 1 fully saturated rings. The number of halogens is 3. The maximum absolute atomic E-state index is 12.6. The van der Waals surface area contributed by atoms with E-state index < -0.39 is 6.36 Å². The highest BCUT2D eigenvalue weighted by Crippen LogP contribution is 2.34. The molecule has 1 saturated heterocycles. The summed E-state index contributed by atoms with van der Waals surface area (Å²) in [6.07, 6.45) is -4.69. The maximum atomic E-state index is 12.6. The predicted octanol–water partition coefficient (Wildman–Crippen LogP) is 1.50. The fourth-order valence-electron chi connectivity index (χ4n) is 2.79. The van der Waals surface area contributed by atoms with Crippen molar-refractivity contribution < 1.29 is 17.9 Å². The van der Waals surface area contributed by atoms with Crippen molar-refractivity contribution in [1.29, 1.82) is 0 Å². The van der Waals surface area contributed by atoms with Crippen molar-refractivity contribution in [2.45, 2.75) is 12.4 Å². The summed E-state index contributed by atoms with van der Waals surface area (Å²) in [6, 6.07) is 6.06. The molecule has 0 aliphatic carbocycles. The van der Waals surface area contributed by atoms with Gasteiger partial charge in [0, 0.05) is 37.7 Å². The lowest BCUT2D eigenvalue weighted by atomic mass is 9.94. The molecule has 0 spiro atoms. The van der Waals surface area contributed by atoms with Crippen LogP contribution >= 0.6 is 0 Å². The van der Waals surface area contributed by atoms with E-state index >= 15 is 0 Å². The molecule has 2 unspecified atom stereocenters. The number of nitrogens with one attached hydrogen (secondary N) is 3. The Morgan fingerprint density at radius 2 is 2.09 bits per heavy atom. The van der Waals surface area contributed by atoms with Gasteiger partial charge >= 0.3 is 6.36 Å². The van der Waals surface area contributed by atoms with E-state index in [-0.39, 0.29) is 17.7 Å². The Morgan fingerprint density at radius 1 is 1.35 bits per heavy atom. The quantitative estimate of drug-likeness (QED) is 0.706. The van der Waals surface area contributed by atoms with E-state index in [0.717, 1.165) is 19.6 Å². The topological polar surface area (TPSA) is 48.6 Å². The van der Waals surface area contributed by atoms with Gasteiger partial charge < -0.3 is 15.0 Å². The number of hydrogen-bond donors (Lipinski definition) is 3. The minimum absolute atomic E-state index is 0.148. The maximum Gasteiger partial charge on any atom is 0.573 e. The van der Waals surface area contributed by atoms with Crippen LogP contribution in [0.15, 0.2) is 24.3 Å². The zero-order valence-corrected chi connectivity index (χ0v) is 13.3. The molecule has 1 aromatic rings. The summed E-state index contributed by atoms with van der Waals surface area (Å²) in [5.41, 5.74) is 6.63. The molecule has 0 aromatic heterocycles. The van der Waals surface area contributed by atoms with Crippen molar-refractivity contribution in [1.82, 2.24) is 21.1 Å².